The highest BCUT2D eigenvalue weighted by molar-refractivity contribution is 7.97. The van der Waals surface area contributed by atoms with Gasteiger partial charge in [0.15, 0.2) is 19.7 Å². The Bertz CT molecular complexity index is 1700. The van der Waals surface area contributed by atoms with Crippen molar-refractivity contribution in [3.05, 3.63) is 81.3 Å². The fourth-order valence-electron chi connectivity index (χ4n) is 5.85. The maximum absolute atomic E-state index is 15.3. The SMILES string of the molecule is CC1=C(C(=O)OCCOC(=O)C2CCc3ccccc3C2)C(c2c(F)cccc2Cl)C2C(=N1)CS(=O)(=O)CCS2(=O)=O. The molecule has 2 aromatic carbocycles. The van der Waals surface area contributed by atoms with Crippen molar-refractivity contribution in [1.82, 2.24) is 0 Å². The number of sulfone groups is 2. The number of aliphatic imine (C=N–C) groups is 1. The zero-order valence-corrected chi connectivity index (χ0v) is 25.1. The second-order valence-corrected chi connectivity index (χ2v) is 15.4. The molecule has 0 amide bonds. The Kier molecular flexibility index (Phi) is 8.60. The number of esters is 2. The van der Waals surface area contributed by atoms with E-state index in [1.165, 1.54) is 24.6 Å². The Morgan fingerprint density at radius 3 is 2.45 bits per heavy atom. The van der Waals surface area contributed by atoms with Gasteiger partial charge in [0.1, 0.15) is 24.3 Å². The summed E-state index contributed by atoms with van der Waals surface area (Å²) in [4.78, 5) is 30.3. The van der Waals surface area contributed by atoms with Gasteiger partial charge in [-0.05, 0) is 49.4 Å². The summed E-state index contributed by atoms with van der Waals surface area (Å²) >= 11 is 6.34. The van der Waals surface area contributed by atoms with E-state index in [1.807, 2.05) is 24.3 Å². The van der Waals surface area contributed by atoms with Crippen molar-refractivity contribution in [3.8, 4) is 0 Å². The Morgan fingerprint density at radius 1 is 1.00 bits per heavy atom. The third-order valence-corrected chi connectivity index (χ3v) is 12.1. The van der Waals surface area contributed by atoms with Gasteiger partial charge >= 0.3 is 11.9 Å². The van der Waals surface area contributed by atoms with Gasteiger partial charge in [-0.3, -0.25) is 9.79 Å². The molecule has 3 aliphatic rings. The minimum absolute atomic E-state index is 0.0132. The van der Waals surface area contributed by atoms with E-state index in [0.29, 0.717) is 12.8 Å². The summed E-state index contributed by atoms with van der Waals surface area (Å²) in [5, 5.41) is -1.77. The average molecular weight is 638 g/mol. The number of ether oxygens (including phenoxy) is 2. The molecule has 1 aliphatic carbocycles. The molecular weight excluding hydrogens is 609 g/mol. The van der Waals surface area contributed by atoms with Gasteiger partial charge in [0.05, 0.1) is 34.5 Å². The zero-order valence-electron chi connectivity index (χ0n) is 22.7. The number of hydrogen-bond acceptors (Lipinski definition) is 9. The lowest BCUT2D eigenvalue weighted by Gasteiger charge is -2.33. The van der Waals surface area contributed by atoms with Crippen LogP contribution in [0.25, 0.3) is 0 Å². The summed E-state index contributed by atoms with van der Waals surface area (Å²) in [6.07, 6.45) is 1.95. The fourth-order valence-corrected chi connectivity index (χ4v) is 10.5. The lowest BCUT2D eigenvalue weighted by atomic mass is 9.83. The minimum atomic E-state index is -4.23. The van der Waals surface area contributed by atoms with Crippen molar-refractivity contribution in [2.75, 3.05) is 30.5 Å². The molecule has 0 bridgehead atoms. The Labute approximate surface area is 248 Å². The van der Waals surface area contributed by atoms with E-state index >= 15 is 4.39 Å². The van der Waals surface area contributed by atoms with E-state index < -0.39 is 65.9 Å². The maximum atomic E-state index is 15.3. The molecule has 0 N–H and O–H groups in total. The minimum Gasteiger partial charge on any atom is -0.462 e. The molecule has 0 aromatic heterocycles. The average Bonchev–Trinajstić information content (AvgIpc) is 3.02. The van der Waals surface area contributed by atoms with Crippen LogP contribution in [0.15, 0.2) is 58.7 Å². The maximum Gasteiger partial charge on any atom is 0.336 e. The summed E-state index contributed by atoms with van der Waals surface area (Å²) in [5.74, 6) is -6.09. The number of nitrogens with zero attached hydrogens (tertiary/aromatic N) is 1. The first-order valence-electron chi connectivity index (χ1n) is 13.4. The Hall–Kier alpha value is -3.09. The standard InChI is InChI=1S/C29H29ClFNO8S2/c1-17-24(29(34)40-12-11-39-28(33)20-10-9-18-5-2-3-6-19(18)15-20)26(25-21(30)7-4-8-22(25)31)27-23(32-17)16-41(35,36)13-14-42(27,37)38/h2-8,20,26-27H,9-16H2,1H3. The lowest BCUT2D eigenvalue weighted by Crippen LogP contribution is -2.43. The van der Waals surface area contributed by atoms with Crippen molar-refractivity contribution < 1.29 is 40.3 Å². The van der Waals surface area contributed by atoms with Gasteiger partial charge in [0.2, 0.25) is 0 Å². The van der Waals surface area contributed by atoms with E-state index in [2.05, 4.69) is 4.99 Å². The Balaban J connectivity index is 1.37. The van der Waals surface area contributed by atoms with Crippen LogP contribution in [0.5, 0.6) is 0 Å². The summed E-state index contributed by atoms with van der Waals surface area (Å²) in [5.41, 5.74) is 1.56. The van der Waals surface area contributed by atoms with Crippen LogP contribution in [0.3, 0.4) is 0 Å². The fraction of sp³-hybridized carbons (Fsp3) is 0.414. The highest BCUT2D eigenvalue weighted by atomic mass is 35.5. The third kappa shape index (κ3) is 6.16. The summed E-state index contributed by atoms with van der Waals surface area (Å²) in [6, 6.07) is 11.7. The van der Waals surface area contributed by atoms with Crippen LogP contribution in [0, 0.1) is 11.7 Å². The first-order chi connectivity index (χ1) is 19.9. The molecule has 42 heavy (non-hydrogen) atoms. The van der Waals surface area contributed by atoms with Gasteiger partial charge < -0.3 is 9.47 Å². The number of allylic oxidation sites excluding steroid dienone is 1. The molecule has 0 radical (unpaired) electrons. The zero-order chi connectivity index (χ0) is 30.2. The van der Waals surface area contributed by atoms with E-state index in [0.717, 1.165) is 18.1 Å². The van der Waals surface area contributed by atoms with Crippen molar-refractivity contribution >= 4 is 48.9 Å². The number of halogens is 2. The number of fused-ring (bicyclic) bond motifs is 2. The third-order valence-electron chi connectivity index (χ3n) is 7.85. The number of carbonyl (C=O) groups excluding carboxylic acids is 2. The molecule has 2 aromatic rings. The molecule has 9 nitrogen and oxygen atoms in total. The van der Waals surface area contributed by atoms with Crippen LogP contribution in [-0.4, -0.2) is 70.2 Å². The molecule has 13 heteroatoms. The van der Waals surface area contributed by atoms with Gasteiger partial charge in [-0.25, -0.2) is 26.0 Å². The molecular formula is C29H29ClFNO8S2. The molecule has 1 fully saturated rings. The molecule has 1 saturated heterocycles. The summed E-state index contributed by atoms with van der Waals surface area (Å²) in [6.45, 7) is 0.812. The van der Waals surface area contributed by atoms with Crippen LogP contribution in [0.2, 0.25) is 5.02 Å². The van der Waals surface area contributed by atoms with Crippen molar-refractivity contribution in [3.63, 3.8) is 0 Å². The summed E-state index contributed by atoms with van der Waals surface area (Å²) in [7, 11) is -8.05. The molecule has 2 aliphatic heterocycles. The van der Waals surface area contributed by atoms with E-state index in [-0.39, 0.29) is 46.7 Å². The molecule has 2 heterocycles. The van der Waals surface area contributed by atoms with Gasteiger partial charge in [0, 0.05) is 22.2 Å². The molecule has 3 atom stereocenters. The molecule has 0 saturated carbocycles. The lowest BCUT2D eigenvalue weighted by molar-refractivity contribution is -0.154. The number of carbonyl (C=O) groups is 2. The largest absolute Gasteiger partial charge is 0.462 e. The number of aryl methyl sites for hydroxylation is 1. The molecule has 3 unspecified atom stereocenters. The van der Waals surface area contributed by atoms with Crippen LogP contribution >= 0.6 is 11.6 Å². The van der Waals surface area contributed by atoms with Crippen molar-refractivity contribution in [2.45, 2.75) is 37.4 Å². The Morgan fingerprint density at radius 2 is 1.71 bits per heavy atom. The number of benzene rings is 2. The highest BCUT2D eigenvalue weighted by Gasteiger charge is 2.50. The topological polar surface area (TPSA) is 133 Å². The smallest absolute Gasteiger partial charge is 0.336 e. The van der Waals surface area contributed by atoms with Crippen LogP contribution in [0.4, 0.5) is 4.39 Å². The van der Waals surface area contributed by atoms with E-state index in [1.54, 1.807) is 0 Å². The predicted molar refractivity (Wildman–Crippen MR) is 154 cm³/mol. The molecule has 5 rings (SSSR count). The van der Waals surface area contributed by atoms with Gasteiger partial charge in [-0.2, -0.15) is 0 Å². The monoisotopic (exact) mass is 637 g/mol. The second kappa shape index (κ2) is 11.9. The number of rotatable bonds is 6. The highest BCUT2D eigenvalue weighted by Crippen LogP contribution is 2.43. The van der Waals surface area contributed by atoms with Crippen LogP contribution < -0.4 is 0 Å². The van der Waals surface area contributed by atoms with E-state index in [4.69, 9.17) is 21.1 Å². The first-order valence-corrected chi connectivity index (χ1v) is 17.3. The van der Waals surface area contributed by atoms with Gasteiger partial charge in [0.25, 0.3) is 0 Å². The first kappa shape index (κ1) is 30.4. The second-order valence-electron chi connectivity index (χ2n) is 10.6. The predicted octanol–water partition coefficient (Wildman–Crippen LogP) is 3.39. The number of hydrogen-bond donors (Lipinski definition) is 0. The van der Waals surface area contributed by atoms with Gasteiger partial charge in [-0.15, -0.1) is 0 Å². The molecule has 0 spiro atoms. The van der Waals surface area contributed by atoms with Crippen LogP contribution in [0.1, 0.15) is 36.0 Å². The normalized spacial score (nSPS) is 24.5. The van der Waals surface area contributed by atoms with Gasteiger partial charge in [-0.1, -0.05) is 41.9 Å². The molecule has 224 valence electrons. The quantitative estimate of drug-likeness (QED) is 0.348. The van der Waals surface area contributed by atoms with Crippen molar-refractivity contribution in [2.24, 2.45) is 10.9 Å². The van der Waals surface area contributed by atoms with E-state index in [9.17, 15) is 26.4 Å². The van der Waals surface area contributed by atoms with Crippen molar-refractivity contribution in [1.29, 1.82) is 0 Å². The summed E-state index contributed by atoms with van der Waals surface area (Å²) < 4.78 is 77.9. The van der Waals surface area contributed by atoms with Crippen LogP contribution in [-0.2, 0) is 51.6 Å².